The van der Waals surface area contributed by atoms with Gasteiger partial charge in [0.05, 0.1) is 10.6 Å². The number of thiophene rings is 1. The number of hydrogen-bond acceptors (Lipinski definition) is 3. The van der Waals surface area contributed by atoms with Crippen LogP contribution in [0.25, 0.3) is 10.6 Å². The standard InChI is InChI=1S/C14H19N3OS/c1-8(2)10(4)15-14(18)12-7-11(16-17-12)13-6-5-9(3)19-13/h5-8,10H,1-4H3,(H,15,18)(H,16,17)/t10-/m0/s1. The molecule has 1 atom stereocenters. The molecule has 0 unspecified atom stereocenters. The molecule has 0 saturated carbocycles. The van der Waals surface area contributed by atoms with Crippen LogP contribution in [0.3, 0.4) is 0 Å². The number of aromatic nitrogens is 2. The van der Waals surface area contributed by atoms with Crippen LogP contribution in [-0.4, -0.2) is 22.1 Å². The summed E-state index contributed by atoms with van der Waals surface area (Å²) in [6.45, 7) is 8.21. The van der Waals surface area contributed by atoms with Gasteiger partial charge in [-0.25, -0.2) is 0 Å². The van der Waals surface area contributed by atoms with E-state index in [1.165, 1.54) is 4.88 Å². The molecular weight excluding hydrogens is 258 g/mol. The summed E-state index contributed by atoms with van der Waals surface area (Å²) < 4.78 is 0. The molecule has 0 aliphatic rings. The van der Waals surface area contributed by atoms with E-state index >= 15 is 0 Å². The van der Waals surface area contributed by atoms with Gasteiger partial charge in [-0.15, -0.1) is 11.3 Å². The lowest BCUT2D eigenvalue weighted by atomic mass is 10.1. The molecule has 102 valence electrons. The van der Waals surface area contributed by atoms with Crippen LogP contribution in [0.1, 0.15) is 36.1 Å². The Morgan fingerprint density at radius 3 is 2.68 bits per heavy atom. The molecule has 2 N–H and O–H groups in total. The van der Waals surface area contributed by atoms with Gasteiger partial charge in [0.25, 0.3) is 5.91 Å². The summed E-state index contributed by atoms with van der Waals surface area (Å²) in [6.07, 6.45) is 0. The van der Waals surface area contributed by atoms with Crippen molar-refractivity contribution in [3.05, 3.63) is 28.8 Å². The lowest BCUT2D eigenvalue weighted by Crippen LogP contribution is -2.36. The number of carbonyl (C=O) groups excluding carboxylic acids is 1. The summed E-state index contributed by atoms with van der Waals surface area (Å²) in [7, 11) is 0. The van der Waals surface area contributed by atoms with Gasteiger partial charge in [0.2, 0.25) is 0 Å². The molecule has 0 aromatic carbocycles. The maximum Gasteiger partial charge on any atom is 0.272 e. The second-order valence-corrected chi connectivity index (χ2v) is 6.37. The number of aryl methyl sites for hydroxylation is 1. The number of H-pyrrole nitrogens is 1. The molecule has 5 heteroatoms. The monoisotopic (exact) mass is 277 g/mol. The second kappa shape index (κ2) is 5.57. The van der Waals surface area contributed by atoms with Crippen LogP contribution >= 0.6 is 11.3 Å². The van der Waals surface area contributed by atoms with Crippen molar-refractivity contribution >= 4 is 17.2 Å². The van der Waals surface area contributed by atoms with E-state index < -0.39 is 0 Å². The highest BCUT2D eigenvalue weighted by Gasteiger charge is 2.16. The fourth-order valence-corrected chi connectivity index (χ4v) is 2.42. The first-order valence-corrected chi connectivity index (χ1v) is 7.22. The third kappa shape index (κ3) is 3.23. The molecule has 2 aromatic heterocycles. The van der Waals surface area contributed by atoms with Gasteiger partial charge in [0, 0.05) is 10.9 Å². The lowest BCUT2D eigenvalue weighted by Gasteiger charge is -2.16. The molecule has 0 saturated heterocycles. The lowest BCUT2D eigenvalue weighted by molar-refractivity contribution is 0.0925. The summed E-state index contributed by atoms with van der Waals surface area (Å²) in [6, 6.07) is 6.03. The Morgan fingerprint density at radius 1 is 1.37 bits per heavy atom. The zero-order valence-corrected chi connectivity index (χ0v) is 12.5. The third-order valence-corrected chi connectivity index (χ3v) is 4.21. The predicted octanol–water partition coefficient (Wildman–Crippen LogP) is 3.22. The molecule has 19 heavy (non-hydrogen) atoms. The smallest absolute Gasteiger partial charge is 0.272 e. The van der Waals surface area contributed by atoms with Gasteiger partial charge >= 0.3 is 0 Å². The van der Waals surface area contributed by atoms with Crippen molar-refractivity contribution in [2.45, 2.75) is 33.7 Å². The van der Waals surface area contributed by atoms with E-state index in [1.807, 2.05) is 13.0 Å². The van der Waals surface area contributed by atoms with Gasteiger partial charge in [-0.1, -0.05) is 13.8 Å². The van der Waals surface area contributed by atoms with Crippen molar-refractivity contribution in [2.75, 3.05) is 0 Å². The summed E-state index contributed by atoms with van der Waals surface area (Å²) in [5, 5.41) is 9.95. The van der Waals surface area contributed by atoms with E-state index in [4.69, 9.17) is 0 Å². The van der Waals surface area contributed by atoms with Gasteiger partial charge in [0.1, 0.15) is 0 Å². The minimum absolute atomic E-state index is 0.128. The van der Waals surface area contributed by atoms with E-state index in [1.54, 1.807) is 17.4 Å². The molecule has 0 radical (unpaired) electrons. The highest BCUT2D eigenvalue weighted by atomic mass is 32.1. The Labute approximate surface area is 117 Å². The minimum Gasteiger partial charge on any atom is -0.348 e. The van der Waals surface area contributed by atoms with Crippen LogP contribution in [0.5, 0.6) is 0 Å². The number of hydrogen-bond donors (Lipinski definition) is 2. The highest BCUT2D eigenvalue weighted by Crippen LogP contribution is 2.26. The van der Waals surface area contributed by atoms with E-state index in [2.05, 4.69) is 42.4 Å². The van der Waals surface area contributed by atoms with E-state index in [-0.39, 0.29) is 11.9 Å². The van der Waals surface area contributed by atoms with Gasteiger partial charge in [0.15, 0.2) is 5.69 Å². The SMILES string of the molecule is Cc1ccc(-c2cc(C(=O)N[C@@H](C)C(C)C)n[nH]2)s1. The molecule has 2 aromatic rings. The fourth-order valence-electron chi connectivity index (χ4n) is 1.59. The largest absolute Gasteiger partial charge is 0.348 e. The van der Waals surface area contributed by atoms with E-state index in [0.29, 0.717) is 11.6 Å². The van der Waals surface area contributed by atoms with Crippen LogP contribution in [-0.2, 0) is 0 Å². The maximum absolute atomic E-state index is 12.0. The number of carbonyl (C=O) groups is 1. The average Bonchev–Trinajstić information content (AvgIpc) is 2.96. The van der Waals surface area contributed by atoms with Crippen molar-refractivity contribution in [3.8, 4) is 10.6 Å². The third-order valence-electron chi connectivity index (χ3n) is 3.18. The zero-order chi connectivity index (χ0) is 14.0. The first-order chi connectivity index (χ1) is 8.97. The number of aromatic amines is 1. The van der Waals surface area contributed by atoms with Gasteiger partial charge in [-0.2, -0.15) is 5.10 Å². The number of nitrogens with zero attached hydrogens (tertiary/aromatic N) is 1. The summed E-state index contributed by atoms with van der Waals surface area (Å²) in [5.41, 5.74) is 1.33. The van der Waals surface area contributed by atoms with Gasteiger partial charge in [-0.3, -0.25) is 9.89 Å². The van der Waals surface area contributed by atoms with Crippen LogP contribution in [0.2, 0.25) is 0 Å². The molecule has 0 fully saturated rings. The Kier molecular flexibility index (Phi) is 4.04. The molecule has 1 amide bonds. The highest BCUT2D eigenvalue weighted by molar-refractivity contribution is 7.15. The predicted molar refractivity (Wildman–Crippen MR) is 78.4 cm³/mol. The van der Waals surface area contributed by atoms with Gasteiger partial charge < -0.3 is 5.32 Å². The molecule has 2 heterocycles. The number of rotatable bonds is 4. The Bertz CT molecular complexity index is 571. The van der Waals surface area contributed by atoms with E-state index in [0.717, 1.165) is 10.6 Å². The summed E-state index contributed by atoms with van der Waals surface area (Å²) in [4.78, 5) is 14.4. The molecule has 0 bridgehead atoms. The van der Waals surface area contributed by atoms with Crippen molar-refractivity contribution in [3.63, 3.8) is 0 Å². The minimum atomic E-state index is -0.128. The molecule has 0 spiro atoms. The normalized spacial score (nSPS) is 12.7. The molecule has 0 aliphatic heterocycles. The van der Waals surface area contributed by atoms with Crippen LogP contribution in [0.15, 0.2) is 18.2 Å². The van der Waals surface area contributed by atoms with E-state index in [9.17, 15) is 4.79 Å². The van der Waals surface area contributed by atoms with Crippen LogP contribution < -0.4 is 5.32 Å². The molecular formula is C14H19N3OS. The summed E-state index contributed by atoms with van der Waals surface area (Å²) >= 11 is 1.68. The Hall–Kier alpha value is -1.62. The van der Waals surface area contributed by atoms with Crippen molar-refractivity contribution < 1.29 is 4.79 Å². The Balaban J connectivity index is 2.11. The van der Waals surface area contributed by atoms with Crippen LogP contribution in [0, 0.1) is 12.8 Å². The number of amides is 1. The van der Waals surface area contributed by atoms with Crippen molar-refractivity contribution in [2.24, 2.45) is 5.92 Å². The fraction of sp³-hybridized carbons (Fsp3) is 0.429. The molecule has 2 rings (SSSR count). The zero-order valence-electron chi connectivity index (χ0n) is 11.7. The van der Waals surface area contributed by atoms with Gasteiger partial charge in [-0.05, 0) is 38.0 Å². The first-order valence-electron chi connectivity index (χ1n) is 6.40. The molecule has 4 nitrogen and oxygen atoms in total. The quantitative estimate of drug-likeness (QED) is 0.901. The van der Waals surface area contributed by atoms with Crippen molar-refractivity contribution in [1.29, 1.82) is 0 Å². The summed E-state index contributed by atoms with van der Waals surface area (Å²) in [5.74, 6) is 0.277. The van der Waals surface area contributed by atoms with Crippen LogP contribution in [0.4, 0.5) is 0 Å². The topological polar surface area (TPSA) is 57.8 Å². The molecule has 0 aliphatic carbocycles. The average molecular weight is 277 g/mol. The first kappa shape index (κ1) is 13.8. The Morgan fingerprint density at radius 2 is 2.11 bits per heavy atom. The van der Waals surface area contributed by atoms with Crippen molar-refractivity contribution in [1.82, 2.24) is 15.5 Å². The maximum atomic E-state index is 12.0. The second-order valence-electron chi connectivity index (χ2n) is 5.08. The number of nitrogens with one attached hydrogen (secondary N) is 2.